The van der Waals surface area contributed by atoms with E-state index in [2.05, 4.69) is 4.74 Å². The van der Waals surface area contributed by atoms with Gasteiger partial charge >= 0.3 is 6.18 Å². The van der Waals surface area contributed by atoms with Crippen molar-refractivity contribution in [2.75, 3.05) is 33.4 Å². The van der Waals surface area contributed by atoms with Crippen molar-refractivity contribution in [2.24, 2.45) is 5.73 Å². The number of ether oxygens (including phenoxy) is 1. The van der Waals surface area contributed by atoms with Crippen LogP contribution in [0.15, 0.2) is 0 Å². The fourth-order valence-corrected chi connectivity index (χ4v) is 1.05. The standard InChI is InChI=1S/C9H18F3N3O/c1-15(5-3-8(13)14)4-2-6-16-7-9(10,11)12/h2-7H2,1H3,(H3,13,14). The Kier molecular flexibility index (Phi) is 7.07. The molecular weight excluding hydrogens is 223 g/mol. The number of nitrogens with one attached hydrogen (secondary N) is 1. The first-order chi connectivity index (χ1) is 7.31. The van der Waals surface area contributed by atoms with Crippen molar-refractivity contribution >= 4 is 5.84 Å². The monoisotopic (exact) mass is 241 g/mol. The predicted octanol–water partition coefficient (Wildman–Crippen LogP) is 1.21. The number of nitrogens with zero attached hydrogens (tertiary/aromatic N) is 1. The van der Waals surface area contributed by atoms with Gasteiger partial charge < -0.3 is 15.4 Å². The number of amidine groups is 1. The van der Waals surface area contributed by atoms with Crippen molar-refractivity contribution in [2.45, 2.75) is 19.0 Å². The number of rotatable bonds is 8. The van der Waals surface area contributed by atoms with E-state index >= 15 is 0 Å². The molecule has 0 aliphatic heterocycles. The van der Waals surface area contributed by atoms with Crippen LogP contribution >= 0.6 is 0 Å². The smallest absolute Gasteiger partial charge is 0.388 e. The topological polar surface area (TPSA) is 62.3 Å². The molecule has 96 valence electrons. The second kappa shape index (κ2) is 7.45. The number of hydrogen-bond donors (Lipinski definition) is 2. The first-order valence-corrected chi connectivity index (χ1v) is 4.97. The van der Waals surface area contributed by atoms with Crippen LogP contribution in [-0.2, 0) is 4.74 Å². The largest absolute Gasteiger partial charge is 0.411 e. The molecule has 16 heavy (non-hydrogen) atoms. The van der Waals surface area contributed by atoms with Gasteiger partial charge in [0.1, 0.15) is 6.61 Å². The molecule has 0 heterocycles. The molecule has 0 amide bonds. The van der Waals surface area contributed by atoms with Crippen LogP contribution in [0.5, 0.6) is 0 Å². The Morgan fingerprint density at radius 2 is 2.00 bits per heavy atom. The van der Waals surface area contributed by atoms with Crippen molar-refractivity contribution in [1.29, 1.82) is 5.41 Å². The summed E-state index contributed by atoms with van der Waals surface area (Å²) in [5.74, 6) is 0.111. The number of alkyl halides is 3. The summed E-state index contributed by atoms with van der Waals surface area (Å²) >= 11 is 0. The van der Waals surface area contributed by atoms with E-state index in [9.17, 15) is 13.2 Å². The second-order valence-corrected chi connectivity index (χ2v) is 3.60. The van der Waals surface area contributed by atoms with Crippen LogP contribution in [0.4, 0.5) is 13.2 Å². The van der Waals surface area contributed by atoms with Crippen molar-refractivity contribution < 1.29 is 17.9 Å². The third-order valence-corrected chi connectivity index (χ3v) is 1.86. The van der Waals surface area contributed by atoms with E-state index in [0.717, 1.165) is 0 Å². The van der Waals surface area contributed by atoms with Gasteiger partial charge in [0.2, 0.25) is 0 Å². The van der Waals surface area contributed by atoms with Gasteiger partial charge in [0.25, 0.3) is 0 Å². The average Bonchev–Trinajstić information content (AvgIpc) is 2.12. The third kappa shape index (κ3) is 11.3. The summed E-state index contributed by atoms with van der Waals surface area (Å²) in [6, 6.07) is 0. The summed E-state index contributed by atoms with van der Waals surface area (Å²) in [4.78, 5) is 1.90. The molecule has 3 N–H and O–H groups in total. The van der Waals surface area contributed by atoms with E-state index in [1.807, 2.05) is 11.9 Å². The molecule has 0 radical (unpaired) electrons. The summed E-state index contributed by atoms with van der Waals surface area (Å²) < 4.78 is 39.5. The van der Waals surface area contributed by atoms with E-state index in [4.69, 9.17) is 11.1 Å². The molecule has 0 aromatic rings. The first kappa shape index (κ1) is 15.2. The van der Waals surface area contributed by atoms with Crippen LogP contribution in [0.1, 0.15) is 12.8 Å². The highest BCUT2D eigenvalue weighted by Gasteiger charge is 2.27. The Morgan fingerprint density at radius 1 is 1.38 bits per heavy atom. The van der Waals surface area contributed by atoms with E-state index in [0.29, 0.717) is 25.9 Å². The minimum absolute atomic E-state index is 0.0872. The normalized spacial score (nSPS) is 12.1. The van der Waals surface area contributed by atoms with Gasteiger partial charge in [-0.1, -0.05) is 0 Å². The number of nitrogens with two attached hydrogens (primary N) is 1. The fourth-order valence-electron chi connectivity index (χ4n) is 1.05. The van der Waals surface area contributed by atoms with Gasteiger partial charge in [-0.3, -0.25) is 5.41 Å². The first-order valence-electron chi connectivity index (χ1n) is 4.97. The van der Waals surface area contributed by atoms with Crippen LogP contribution in [0, 0.1) is 5.41 Å². The average molecular weight is 241 g/mol. The highest BCUT2D eigenvalue weighted by molar-refractivity contribution is 5.76. The number of halogens is 3. The van der Waals surface area contributed by atoms with Crippen molar-refractivity contribution in [3.63, 3.8) is 0 Å². The van der Waals surface area contributed by atoms with E-state index in [1.54, 1.807) is 0 Å². The highest BCUT2D eigenvalue weighted by Crippen LogP contribution is 2.14. The molecule has 4 nitrogen and oxygen atoms in total. The van der Waals surface area contributed by atoms with Gasteiger partial charge in [0.05, 0.1) is 5.84 Å². The van der Waals surface area contributed by atoms with Gasteiger partial charge in [-0.05, 0) is 13.5 Å². The molecule has 0 spiro atoms. The lowest BCUT2D eigenvalue weighted by molar-refractivity contribution is -0.174. The maximum absolute atomic E-state index is 11.7. The van der Waals surface area contributed by atoms with Gasteiger partial charge in [-0.25, -0.2) is 0 Å². The second-order valence-electron chi connectivity index (χ2n) is 3.60. The lowest BCUT2D eigenvalue weighted by Crippen LogP contribution is -2.26. The van der Waals surface area contributed by atoms with Crippen LogP contribution in [-0.4, -0.2) is 50.3 Å². The molecule has 0 unspecified atom stereocenters. The molecule has 0 aliphatic rings. The van der Waals surface area contributed by atoms with Crippen molar-refractivity contribution in [1.82, 2.24) is 4.90 Å². The Bertz CT molecular complexity index is 209. The maximum atomic E-state index is 11.7. The molecule has 0 fully saturated rings. The SMILES string of the molecule is CN(CCCOCC(F)(F)F)CCC(=N)N. The Balaban J connectivity index is 3.34. The molecule has 0 bridgehead atoms. The lowest BCUT2D eigenvalue weighted by atomic mass is 10.3. The summed E-state index contributed by atoms with van der Waals surface area (Å²) in [6.07, 6.45) is -3.25. The fraction of sp³-hybridized carbons (Fsp3) is 0.889. The van der Waals surface area contributed by atoms with Crippen molar-refractivity contribution in [3.05, 3.63) is 0 Å². The zero-order valence-electron chi connectivity index (χ0n) is 9.31. The molecule has 0 saturated heterocycles. The summed E-state index contributed by atoms with van der Waals surface area (Å²) in [5, 5.41) is 7.00. The van der Waals surface area contributed by atoms with Gasteiger partial charge in [-0.15, -0.1) is 0 Å². The van der Waals surface area contributed by atoms with Gasteiger partial charge in [0.15, 0.2) is 0 Å². The minimum Gasteiger partial charge on any atom is -0.388 e. The van der Waals surface area contributed by atoms with E-state index < -0.39 is 12.8 Å². The molecular formula is C9H18F3N3O. The quantitative estimate of drug-likeness (QED) is 0.381. The van der Waals surface area contributed by atoms with Crippen LogP contribution < -0.4 is 5.73 Å². The van der Waals surface area contributed by atoms with Crippen LogP contribution in [0.2, 0.25) is 0 Å². The molecule has 0 aromatic carbocycles. The zero-order chi connectivity index (χ0) is 12.6. The van der Waals surface area contributed by atoms with Gasteiger partial charge in [0, 0.05) is 26.1 Å². The summed E-state index contributed by atoms with van der Waals surface area (Å²) in [7, 11) is 1.83. The molecule has 0 atom stereocenters. The van der Waals surface area contributed by atoms with Crippen LogP contribution in [0.3, 0.4) is 0 Å². The minimum atomic E-state index is -4.25. The van der Waals surface area contributed by atoms with Crippen LogP contribution in [0.25, 0.3) is 0 Å². The molecule has 7 heteroatoms. The van der Waals surface area contributed by atoms with Crippen molar-refractivity contribution in [3.8, 4) is 0 Å². The Hall–Kier alpha value is -0.820. The summed E-state index contributed by atoms with van der Waals surface area (Å²) in [6.45, 7) is 0.161. The summed E-state index contributed by atoms with van der Waals surface area (Å²) in [5.41, 5.74) is 5.17. The number of hydrogen-bond acceptors (Lipinski definition) is 3. The molecule has 0 rings (SSSR count). The molecule has 0 aromatic heterocycles. The van der Waals surface area contributed by atoms with E-state index in [-0.39, 0.29) is 12.4 Å². The maximum Gasteiger partial charge on any atom is 0.411 e. The zero-order valence-corrected chi connectivity index (χ0v) is 9.31. The highest BCUT2D eigenvalue weighted by atomic mass is 19.4. The van der Waals surface area contributed by atoms with E-state index in [1.165, 1.54) is 0 Å². The molecule has 0 saturated carbocycles. The Labute approximate surface area is 93.1 Å². The molecule has 0 aliphatic carbocycles. The lowest BCUT2D eigenvalue weighted by Gasteiger charge is -2.16. The predicted molar refractivity (Wildman–Crippen MR) is 55.5 cm³/mol. The Morgan fingerprint density at radius 3 is 2.50 bits per heavy atom. The third-order valence-electron chi connectivity index (χ3n) is 1.86. The van der Waals surface area contributed by atoms with Gasteiger partial charge in [-0.2, -0.15) is 13.2 Å².